The van der Waals surface area contributed by atoms with Crippen LogP contribution in [0.25, 0.3) is 0 Å². The number of phenolic OH excluding ortho intramolecular Hbond substituents is 1. The summed E-state index contributed by atoms with van der Waals surface area (Å²) in [4.78, 5) is 16.8. The van der Waals surface area contributed by atoms with E-state index in [1.807, 2.05) is 25.1 Å². The Labute approximate surface area is 140 Å². The Bertz CT molecular complexity index is 756. The van der Waals surface area contributed by atoms with Gasteiger partial charge in [-0.3, -0.25) is 4.79 Å². The summed E-state index contributed by atoms with van der Waals surface area (Å²) in [6.45, 7) is 2.10. The molecule has 0 aliphatic heterocycles. The topological polar surface area (TPSA) is 80.2 Å². The SMILES string of the molecule is CNC(=O)/C(=N/OC)c1ccccc1COc1ccc(O)cc1C. The quantitative estimate of drug-likeness (QED) is 0.630. The summed E-state index contributed by atoms with van der Waals surface area (Å²) in [5.74, 6) is 0.507. The molecule has 0 aliphatic rings. The molecule has 126 valence electrons. The number of rotatable bonds is 6. The van der Waals surface area contributed by atoms with Crippen molar-refractivity contribution < 1.29 is 19.5 Å². The van der Waals surface area contributed by atoms with Crippen LogP contribution in [0, 0.1) is 6.92 Å². The van der Waals surface area contributed by atoms with Crippen molar-refractivity contribution in [2.75, 3.05) is 14.2 Å². The van der Waals surface area contributed by atoms with E-state index in [0.717, 1.165) is 11.1 Å². The highest BCUT2D eigenvalue weighted by molar-refractivity contribution is 6.45. The predicted octanol–water partition coefficient (Wildman–Crippen LogP) is 2.38. The molecular weight excluding hydrogens is 308 g/mol. The molecule has 0 spiro atoms. The van der Waals surface area contributed by atoms with E-state index in [0.29, 0.717) is 11.3 Å². The normalized spacial score (nSPS) is 11.0. The van der Waals surface area contributed by atoms with Gasteiger partial charge in [0.05, 0.1) is 0 Å². The van der Waals surface area contributed by atoms with E-state index in [2.05, 4.69) is 10.5 Å². The third-order valence-electron chi connectivity index (χ3n) is 3.44. The summed E-state index contributed by atoms with van der Waals surface area (Å²) in [5.41, 5.74) is 2.44. The standard InChI is InChI=1S/C18H20N2O4/c1-12-10-14(21)8-9-16(12)24-11-13-6-4-5-7-15(13)17(20-23-3)18(22)19-2/h4-10,21H,11H2,1-3H3,(H,19,22)/b20-17+. The first-order valence-corrected chi connectivity index (χ1v) is 7.40. The molecule has 0 radical (unpaired) electrons. The fourth-order valence-corrected chi connectivity index (χ4v) is 2.25. The van der Waals surface area contributed by atoms with Crippen LogP contribution in [0.1, 0.15) is 16.7 Å². The van der Waals surface area contributed by atoms with Crippen molar-refractivity contribution in [3.8, 4) is 11.5 Å². The van der Waals surface area contributed by atoms with Crippen molar-refractivity contribution in [2.24, 2.45) is 5.16 Å². The van der Waals surface area contributed by atoms with Crippen LogP contribution in [0.5, 0.6) is 11.5 Å². The van der Waals surface area contributed by atoms with E-state index in [1.54, 1.807) is 24.3 Å². The summed E-state index contributed by atoms with van der Waals surface area (Å²) in [5, 5.41) is 15.8. The third kappa shape index (κ3) is 4.04. The molecule has 2 rings (SSSR count). The number of amides is 1. The lowest BCUT2D eigenvalue weighted by atomic mass is 10.0. The molecule has 1 amide bonds. The van der Waals surface area contributed by atoms with Crippen molar-refractivity contribution >= 4 is 11.6 Å². The van der Waals surface area contributed by atoms with Gasteiger partial charge in [-0.25, -0.2) is 0 Å². The number of carbonyl (C=O) groups is 1. The second-order valence-corrected chi connectivity index (χ2v) is 5.10. The molecule has 0 saturated heterocycles. The maximum atomic E-state index is 12.0. The van der Waals surface area contributed by atoms with Gasteiger partial charge in [-0.15, -0.1) is 0 Å². The molecule has 2 aromatic carbocycles. The molecule has 0 saturated carbocycles. The average Bonchev–Trinajstić information content (AvgIpc) is 2.59. The van der Waals surface area contributed by atoms with Gasteiger partial charge in [0.1, 0.15) is 25.2 Å². The predicted molar refractivity (Wildman–Crippen MR) is 91.2 cm³/mol. The number of benzene rings is 2. The van der Waals surface area contributed by atoms with Gasteiger partial charge in [-0.2, -0.15) is 0 Å². The molecule has 0 fully saturated rings. The number of nitrogens with one attached hydrogen (secondary N) is 1. The van der Waals surface area contributed by atoms with Crippen molar-refractivity contribution in [3.05, 3.63) is 59.2 Å². The molecule has 0 bridgehead atoms. The van der Waals surface area contributed by atoms with Crippen molar-refractivity contribution in [1.82, 2.24) is 5.32 Å². The number of nitrogens with zero attached hydrogens (tertiary/aromatic N) is 1. The largest absolute Gasteiger partial charge is 0.508 e. The number of aryl methyl sites for hydroxylation is 1. The molecule has 2 N–H and O–H groups in total. The first-order valence-electron chi connectivity index (χ1n) is 7.40. The Kier molecular flexibility index (Phi) is 5.78. The number of carbonyl (C=O) groups excluding carboxylic acids is 1. The highest BCUT2D eigenvalue weighted by Gasteiger charge is 2.17. The monoisotopic (exact) mass is 328 g/mol. The molecule has 6 nitrogen and oxygen atoms in total. The summed E-state index contributed by atoms with van der Waals surface area (Å²) >= 11 is 0. The van der Waals surface area contributed by atoms with Crippen LogP contribution in [0.15, 0.2) is 47.6 Å². The number of hydrogen-bond acceptors (Lipinski definition) is 5. The van der Waals surface area contributed by atoms with E-state index >= 15 is 0 Å². The molecular formula is C18H20N2O4. The minimum absolute atomic E-state index is 0.182. The Hall–Kier alpha value is -3.02. The second kappa shape index (κ2) is 8.01. The Morgan fingerprint density at radius 1 is 1.25 bits per heavy atom. The molecule has 2 aromatic rings. The lowest BCUT2D eigenvalue weighted by molar-refractivity contribution is -0.114. The summed E-state index contributed by atoms with van der Waals surface area (Å²) in [7, 11) is 2.92. The van der Waals surface area contributed by atoms with E-state index in [9.17, 15) is 9.90 Å². The first kappa shape index (κ1) is 17.3. The number of phenols is 1. The summed E-state index contributed by atoms with van der Waals surface area (Å²) < 4.78 is 5.82. The zero-order chi connectivity index (χ0) is 17.5. The van der Waals surface area contributed by atoms with E-state index < -0.39 is 0 Å². The maximum absolute atomic E-state index is 12.0. The van der Waals surface area contributed by atoms with Gasteiger partial charge < -0.3 is 20.0 Å². The molecule has 0 atom stereocenters. The van der Waals surface area contributed by atoms with Crippen LogP contribution in [0.3, 0.4) is 0 Å². The third-order valence-corrected chi connectivity index (χ3v) is 3.44. The van der Waals surface area contributed by atoms with Gasteiger partial charge in [0.15, 0.2) is 5.71 Å². The van der Waals surface area contributed by atoms with Gasteiger partial charge in [-0.1, -0.05) is 29.4 Å². The Balaban J connectivity index is 2.28. The highest BCUT2D eigenvalue weighted by Crippen LogP contribution is 2.24. The fraction of sp³-hybridized carbons (Fsp3) is 0.222. The molecule has 0 unspecified atom stereocenters. The number of oxime groups is 1. The van der Waals surface area contributed by atoms with E-state index in [1.165, 1.54) is 14.2 Å². The zero-order valence-electron chi connectivity index (χ0n) is 13.9. The molecule has 24 heavy (non-hydrogen) atoms. The van der Waals surface area contributed by atoms with Gasteiger partial charge in [0, 0.05) is 12.6 Å². The van der Waals surface area contributed by atoms with Gasteiger partial charge in [0.2, 0.25) is 0 Å². The first-order chi connectivity index (χ1) is 11.6. The van der Waals surface area contributed by atoms with E-state index in [4.69, 9.17) is 9.57 Å². The van der Waals surface area contributed by atoms with Gasteiger partial charge >= 0.3 is 0 Å². The zero-order valence-corrected chi connectivity index (χ0v) is 13.9. The van der Waals surface area contributed by atoms with Crippen LogP contribution in [-0.4, -0.2) is 30.9 Å². The Morgan fingerprint density at radius 3 is 2.67 bits per heavy atom. The van der Waals surface area contributed by atoms with Crippen molar-refractivity contribution in [1.29, 1.82) is 0 Å². The van der Waals surface area contributed by atoms with Crippen molar-refractivity contribution in [2.45, 2.75) is 13.5 Å². The minimum atomic E-state index is -0.342. The van der Waals surface area contributed by atoms with Crippen LogP contribution in [0.2, 0.25) is 0 Å². The summed E-state index contributed by atoms with van der Waals surface area (Å²) in [6, 6.07) is 12.2. The van der Waals surface area contributed by atoms with Gasteiger partial charge in [0.25, 0.3) is 5.91 Å². The van der Waals surface area contributed by atoms with E-state index in [-0.39, 0.29) is 24.0 Å². The fourth-order valence-electron chi connectivity index (χ4n) is 2.25. The van der Waals surface area contributed by atoms with Crippen LogP contribution < -0.4 is 10.1 Å². The maximum Gasteiger partial charge on any atom is 0.273 e. The number of aromatic hydroxyl groups is 1. The number of likely N-dealkylation sites (N-methyl/N-ethyl adjacent to an activating group) is 1. The number of hydrogen-bond donors (Lipinski definition) is 2. The lowest BCUT2D eigenvalue weighted by Crippen LogP contribution is -2.29. The average molecular weight is 328 g/mol. The summed E-state index contributed by atoms with van der Waals surface area (Å²) in [6.07, 6.45) is 0. The number of ether oxygens (including phenoxy) is 1. The molecule has 6 heteroatoms. The smallest absolute Gasteiger partial charge is 0.273 e. The van der Waals surface area contributed by atoms with Crippen LogP contribution in [0.4, 0.5) is 0 Å². The van der Waals surface area contributed by atoms with Crippen molar-refractivity contribution in [3.63, 3.8) is 0 Å². The second-order valence-electron chi connectivity index (χ2n) is 5.10. The van der Waals surface area contributed by atoms with Gasteiger partial charge in [-0.05, 0) is 36.2 Å². The highest BCUT2D eigenvalue weighted by atomic mass is 16.6. The minimum Gasteiger partial charge on any atom is -0.508 e. The lowest BCUT2D eigenvalue weighted by Gasteiger charge is -2.13. The van der Waals surface area contributed by atoms with Crippen LogP contribution >= 0.6 is 0 Å². The molecule has 0 heterocycles. The molecule has 0 aromatic heterocycles. The van der Waals surface area contributed by atoms with Crippen LogP contribution in [-0.2, 0) is 16.2 Å². The Morgan fingerprint density at radius 2 is 2.00 bits per heavy atom. The molecule has 0 aliphatic carbocycles.